The van der Waals surface area contributed by atoms with Crippen LogP contribution in [0.4, 0.5) is 0 Å². The van der Waals surface area contributed by atoms with Gasteiger partial charge in [-0.3, -0.25) is 4.79 Å². The van der Waals surface area contributed by atoms with Gasteiger partial charge in [0.15, 0.2) is 0 Å². The zero-order chi connectivity index (χ0) is 13.7. The molecule has 0 bridgehead atoms. The van der Waals surface area contributed by atoms with E-state index in [1.54, 1.807) is 6.92 Å². The first kappa shape index (κ1) is 16.9. The second-order valence-corrected chi connectivity index (χ2v) is 4.85. The van der Waals surface area contributed by atoms with Crippen molar-refractivity contribution in [2.24, 2.45) is 5.73 Å². The van der Waals surface area contributed by atoms with Gasteiger partial charge in [0.05, 0.1) is 25.9 Å². The van der Waals surface area contributed by atoms with Gasteiger partial charge in [-0.1, -0.05) is 30.3 Å². The van der Waals surface area contributed by atoms with Crippen LogP contribution in [0.1, 0.15) is 12.5 Å². The molecule has 1 saturated heterocycles. The summed E-state index contributed by atoms with van der Waals surface area (Å²) in [4.78, 5) is 12.2. The zero-order valence-electron chi connectivity index (χ0n) is 11.5. The number of nitrogens with one attached hydrogen (secondary N) is 1. The van der Waals surface area contributed by atoms with Crippen LogP contribution in [-0.4, -0.2) is 38.4 Å². The molecular weight excluding hydrogens is 280 g/mol. The van der Waals surface area contributed by atoms with Gasteiger partial charge in [-0.15, -0.1) is 12.4 Å². The molecular formula is C14H21ClN2O3. The second kappa shape index (κ2) is 7.59. The van der Waals surface area contributed by atoms with Gasteiger partial charge < -0.3 is 20.5 Å². The van der Waals surface area contributed by atoms with Gasteiger partial charge in [-0.05, 0) is 12.5 Å². The van der Waals surface area contributed by atoms with E-state index in [1.807, 2.05) is 30.3 Å². The van der Waals surface area contributed by atoms with Gasteiger partial charge >= 0.3 is 0 Å². The fourth-order valence-corrected chi connectivity index (χ4v) is 1.96. The Morgan fingerprint density at radius 2 is 2.10 bits per heavy atom. The maximum atomic E-state index is 12.2. The lowest BCUT2D eigenvalue weighted by Crippen LogP contribution is -2.51. The van der Waals surface area contributed by atoms with Crippen molar-refractivity contribution in [3.8, 4) is 0 Å². The van der Waals surface area contributed by atoms with Crippen LogP contribution < -0.4 is 11.1 Å². The molecule has 5 nitrogen and oxygen atoms in total. The van der Waals surface area contributed by atoms with E-state index >= 15 is 0 Å². The molecule has 1 heterocycles. The first-order chi connectivity index (χ1) is 9.10. The van der Waals surface area contributed by atoms with Gasteiger partial charge in [-0.2, -0.15) is 0 Å². The summed E-state index contributed by atoms with van der Waals surface area (Å²) in [5, 5.41) is 2.82. The Labute approximate surface area is 125 Å². The van der Waals surface area contributed by atoms with E-state index < -0.39 is 5.54 Å². The first-order valence-electron chi connectivity index (χ1n) is 6.43. The van der Waals surface area contributed by atoms with E-state index in [0.717, 1.165) is 5.56 Å². The lowest BCUT2D eigenvalue weighted by atomic mass is 9.92. The molecule has 0 aromatic heterocycles. The Balaban J connectivity index is 0.00000200. The van der Waals surface area contributed by atoms with E-state index in [0.29, 0.717) is 26.4 Å². The SMILES string of the molecule is CC(N)(C(=O)NCC1COCCO1)c1ccccc1.Cl. The molecule has 6 heteroatoms. The number of amides is 1. The highest BCUT2D eigenvalue weighted by Gasteiger charge is 2.30. The van der Waals surface area contributed by atoms with Crippen molar-refractivity contribution in [3.63, 3.8) is 0 Å². The van der Waals surface area contributed by atoms with Gasteiger partial charge in [0, 0.05) is 6.54 Å². The summed E-state index contributed by atoms with van der Waals surface area (Å²) in [7, 11) is 0. The number of carbonyl (C=O) groups excluding carboxylic acids is 1. The largest absolute Gasteiger partial charge is 0.376 e. The van der Waals surface area contributed by atoms with Crippen LogP contribution in [0, 0.1) is 0 Å². The quantitative estimate of drug-likeness (QED) is 0.863. The predicted octanol–water partition coefficient (Wildman–Crippen LogP) is 0.814. The first-order valence-corrected chi connectivity index (χ1v) is 6.43. The van der Waals surface area contributed by atoms with E-state index in [4.69, 9.17) is 15.2 Å². The third-order valence-electron chi connectivity index (χ3n) is 3.22. The van der Waals surface area contributed by atoms with Crippen LogP contribution in [0.2, 0.25) is 0 Å². The number of ether oxygens (including phenoxy) is 2. The molecule has 3 N–H and O–H groups in total. The topological polar surface area (TPSA) is 73.6 Å². The number of hydrogen-bond acceptors (Lipinski definition) is 4. The molecule has 0 spiro atoms. The van der Waals surface area contributed by atoms with Crippen LogP contribution in [0.5, 0.6) is 0 Å². The standard InChI is InChI=1S/C14H20N2O3.ClH/c1-14(15,11-5-3-2-4-6-11)13(17)16-9-12-10-18-7-8-19-12;/h2-6,12H,7-10,15H2,1H3,(H,16,17);1H. The molecule has 0 saturated carbocycles. The van der Waals surface area contributed by atoms with E-state index in [2.05, 4.69) is 5.32 Å². The van der Waals surface area contributed by atoms with Crippen molar-refractivity contribution in [2.45, 2.75) is 18.6 Å². The number of rotatable bonds is 4. The predicted molar refractivity (Wildman–Crippen MR) is 78.8 cm³/mol. The van der Waals surface area contributed by atoms with Gasteiger partial charge in [0.25, 0.3) is 0 Å². The number of benzene rings is 1. The Morgan fingerprint density at radius 1 is 1.40 bits per heavy atom. The molecule has 1 aromatic carbocycles. The summed E-state index contributed by atoms with van der Waals surface area (Å²) < 4.78 is 10.7. The molecule has 0 radical (unpaired) electrons. The smallest absolute Gasteiger partial charge is 0.244 e. The van der Waals surface area contributed by atoms with Crippen molar-refractivity contribution in [1.29, 1.82) is 0 Å². The van der Waals surface area contributed by atoms with Gasteiger partial charge in [0.2, 0.25) is 5.91 Å². The van der Waals surface area contributed by atoms with Crippen molar-refractivity contribution < 1.29 is 14.3 Å². The van der Waals surface area contributed by atoms with Crippen LogP contribution in [-0.2, 0) is 19.8 Å². The summed E-state index contributed by atoms with van der Waals surface area (Å²) in [6, 6.07) is 9.32. The summed E-state index contributed by atoms with van der Waals surface area (Å²) in [5.41, 5.74) is 5.85. The van der Waals surface area contributed by atoms with Crippen LogP contribution in [0.15, 0.2) is 30.3 Å². The number of halogens is 1. The molecule has 1 fully saturated rings. The lowest BCUT2D eigenvalue weighted by molar-refractivity contribution is -0.128. The average Bonchev–Trinajstić information content (AvgIpc) is 2.46. The monoisotopic (exact) mass is 300 g/mol. The summed E-state index contributed by atoms with van der Waals surface area (Å²) in [6.45, 7) is 3.81. The van der Waals surface area contributed by atoms with Crippen molar-refractivity contribution >= 4 is 18.3 Å². The third-order valence-corrected chi connectivity index (χ3v) is 3.22. The number of hydrogen-bond donors (Lipinski definition) is 2. The fraction of sp³-hybridized carbons (Fsp3) is 0.500. The summed E-state index contributed by atoms with van der Waals surface area (Å²) >= 11 is 0. The molecule has 1 aliphatic rings. The Morgan fingerprint density at radius 3 is 2.70 bits per heavy atom. The normalized spacial score (nSPS) is 21.4. The summed E-state index contributed by atoms with van der Waals surface area (Å²) in [5.74, 6) is -0.215. The highest BCUT2D eigenvalue weighted by atomic mass is 35.5. The van der Waals surface area contributed by atoms with Gasteiger partial charge in [-0.25, -0.2) is 0 Å². The Hall–Kier alpha value is -1.14. The number of carbonyl (C=O) groups is 1. The van der Waals surface area contributed by atoms with E-state index in [1.165, 1.54) is 0 Å². The molecule has 1 aromatic rings. The molecule has 2 unspecified atom stereocenters. The fourth-order valence-electron chi connectivity index (χ4n) is 1.96. The Kier molecular flexibility index (Phi) is 6.42. The lowest BCUT2D eigenvalue weighted by Gasteiger charge is -2.27. The number of nitrogens with two attached hydrogens (primary N) is 1. The highest BCUT2D eigenvalue weighted by molar-refractivity contribution is 5.87. The molecule has 2 rings (SSSR count). The minimum atomic E-state index is -1.04. The molecule has 1 amide bonds. The van der Waals surface area contributed by atoms with Gasteiger partial charge in [0.1, 0.15) is 5.54 Å². The van der Waals surface area contributed by atoms with Crippen molar-refractivity contribution in [1.82, 2.24) is 5.32 Å². The summed E-state index contributed by atoms with van der Waals surface area (Å²) in [6.07, 6.45) is -0.0933. The highest BCUT2D eigenvalue weighted by Crippen LogP contribution is 2.17. The average molecular weight is 301 g/mol. The Bertz CT molecular complexity index is 420. The molecule has 20 heavy (non-hydrogen) atoms. The molecule has 2 atom stereocenters. The van der Waals surface area contributed by atoms with Crippen molar-refractivity contribution in [2.75, 3.05) is 26.4 Å². The maximum absolute atomic E-state index is 12.2. The molecule has 1 aliphatic heterocycles. The molecule has 0 aliphatic carbocycles. The van der Waals surface area contributed by atoms with E-state index in [9.17, 15) is 4.79 Å². The molecule has 112 valence electrons. The second-order valence-electron chi connectivity index (χ2n) is 4.85. The zero-order valence-corrected chi connectivity index (χ0v) is 12.3. The van der Waals surface area contributed by atoms with Crippen LogP contribution in [0.3, 0.4) is 0 Å². The van der Waals surface area contributed by atoms with Crippen LogP contribution in [0.25, 0.3) is 0 Å². The van der Waals surface area contributed by atoms with Crippen molar-refractivity contribution in [3.05, 3.63) is 35.9 Å². The minimum Gasteiger partial charge on any atom is -0.376 e. The maximum Gasteiger partial charge on any atom is 0.244 e. The van der Waals surface area contributed by atoms with E-state index in [-0.39, 0.29) is 24.4 Å². The third kappa shape index (κ3) is 4.18. The van der Waals surface area contributed by atoms with Crippen LogP contribution >= 0.6 is 12.4 Å². The minimum absolute atomic E-state index is 0.